The van der Waals surface area contributed by atoms with Gasteiger partial charge in [0, 0.05) is 44.5 Å². The summed E-state index contributed by atoms with van der Waals surface area (Å²) in [6.45, 7) is 6.38. The van der Waals surface area contributed by atoms with Gasteiger partial charge in [0.2, 0.25) is 0 Å². The summed E-state index contributed by atoms with van der Waals surface area (Å²) in [6, 6.07) is 0.350. The highest BCUT2D eigenvalue weighted by molar-refractivity contribution is 5.94. The van der Waals surface area contributed by atoms with Gasteiger partial charge in [0.25, 0.3) is 11.5 Å². The summed E-state index contributed by atoms with van der Waals surface area (Å²) in [5.41, 5.74) is 1.91. The third-order valence-electron chi connectivity index (χ3n) is 5.98. The van der Waals surface area contributed by atoms with Crippen molar-refractivity contribution in [3.05, 3.63) is 45.4 Å². The average Bonchev–Trinajstić information content (AvgIpc) is 2.78. The minimum Gasteiger partial charge on any atom is -0.467 e. The fraction of sp³-hybridized carbons (Fsp3) is 0.571. The Morgan fingerprint density at radius 2 is 2.00 bits per heavy atom. The summed E-state index contributed by atoms with van der Waals surface area (Å²) in [4.78, 5) is 46.0. The SMILES string of the molecule is COc1ncc(C(=O)N2CCCC[C@H]2c2nc3c(c(=O)[nH]2)CN(C(C)C)CC3)cn1. The summed E-state index contributed by atoms with van der Waals surface area (Å²) < 4.78 is 4.97. The highest BCUT2D eigenvalue weighted by Gasteiger charge is 2.32. The van der Waals surface area contributed by atoms with Crippen LogP contribution in [0.25, 0.3) is 0 Å². The van der Waals surface area contributed by atoms with Gasteiger partial charge >= 0.3 is 6.01 Å². The average molecular weight is 412 g/mol. The standard InChI is InChI=1S/C21H28N6O3/c1-13(2)26-9-7-16-15(12-26)19(28)25-18(24-16)17-6-4-5-8-27(17)20(29)14-10-22-21(30-3)23-11-14/h10-11,13,17H,4-9,12H2,1-3H3,(H,24,25,28)/t17-/m0/s1. The minimum atomic E-state index is -0.255. The molecule has 30 heavy (non-hydrogen) atoms. The first-order valence-electron chi connectivity index (χ1n) is 10.5. The van der Waals surface area contributed by atoms with E-state index in [-0.39, 0.29) is 23.5 Å². The van der Waals surface area contributed by atoms with Gasteiger partial charge in [0.1, 0.15) is 5.82 Å². The van der Waals surface area contributed by atoms with Crippen LogP contribution in [0.2, 0.25) is 0 Å². The number of amides is 1. The second-order valence-corrected chi connectivity index (χ2v) is 8.16. The number of aromatic nitrogens is 4. The highest BCUT2D eigenvalue weighted by atomic mass is 16.5. The Hall–Kier alpha value is -2.81. The lowest BCUT2D eigenvalue weighted by atomic mass is 9.99. The first-order valence-corrected chi connectivity index (χ1v) is 10.5. The number of aromatic amines is 1. The van der Waals surface area contributed by atoms with Crippen molar-refractivity contribution in [2.75, 3.05) is 20.2 Å². The normalized spacial score (nSPS) is 19.6. The number of methoxy groups -OCH3 is 1. The van der Waals surface area contributed by atoms with Gasteiger partial charge in [-0.2, -0.15) is 0 Å². The summed E-state index contributed by atoms with van der Waals surface area (Å²) >= 11 is 0. The molecule has 0 unspecified atom stereocenters. The van der Waals surface area contributed by atoms with Crippen LogP contribution < -0.4 is 10.3 Å². The van der Waals surface area contributed by atoms with Crippen LogP contribution in [0.3, 0.4) is 0 Å². The molecule has 2 aliphatic heterocycles. The van der Waals surface area contributed by atoms with Crippen molar-refractivity contribution in [2.24, 2.45) is 0 Å². The molecule has 2 aromatic rings. The topological polar surface area (TPSA) is 104 Å². The second-order valence-electron chi connectivity index (χ2n) is 8.16. The lowest BCUT2D eigenvalue weighted by Crippen LogP contribution is -2.42. The van der Waals surface area contributed by atoms with E-state index in [1.807, 2.05) is 0 Å². The Morgan fingerprint density at radius 3 is 2.70 bits per heavy atom. The Morgan fingerprint density at radius 1 is 1.23 bits per heavy atom. The van der Waals surface area contributed by atoms with Crippen LogP contribution in [-0.2, 0) is 13.0 Å². The maximum absolute atomic E-state index is 13.2. The molecule has 0 radical (unpaired) electrons. The molecule has 4 heterocycles. The van der Waals surface area contributed by atoms with Crippen LogP contribution in [0.1, 0.15) is 66.6 Å². The number of nitrogens with one attached hydrogen (secondary N) is 1. The molecule has 1 fully saturated rings. The van der Waals surface area contributed by atoms with E-state index in [1.165, 1.54) is 19.5 Å². The van der Waals surface area contributed by atoms with Gasteiger partial charge in [-0.15, -0.1) is 0 Å². The number of carbonyl (C=O) groups excluding carboxylic acids is 1. The van der Waals surface area contributed by atoms with Crippen molar-refractivity contribution in [2.45, 2.75) is 58.2 Å². The summed E-state index contributed by atoms with van der Waals surface area (Å²) in [6.07, 6.45) is 6.36. The van der Waals surface area contributed by atoms with Crippen LogP contribution in [0.15, 0.2) is 17.2 Å². The van der Waals surface area contributed by atoms with E-state index < -0.39 is 0 Å². The maximum Gasteiger partial charge on any atom is 0.316 e. The largest absolute Gasteiger partial charge is 0.467 e. The molecule has 0 aromatic carbocycles. The van der Waals surface area contributed by atoms with Gasteiger partial charge in [-0.25, -0.2) is 15.0 Å². The van der Waals surface area contributed by atoms with E-state index in [4.69, 9.17) is 9.72 Å². The zero-order chi connectivity index (χ0) is 21.3. The third kappa shape index (κ3) is 3.94. The van der Waals surface area contributed by atoms with Crippen molar-refractivity contribution in [1.29, 1.82) is 0 Å². The molecule has 1 N–H and O–H groups in total. The first kappa shape index (κ1) is 20.5. The number of rotatable bonds is 4. The van der Waals surface area contributed by atoms with Gasteiger partial charge in [0.15, 0.2) is 0 Å². The van der Waals surface area contributed by atoms with Crippen LogP contribution in [0, 0.1) is 0 Å². The lowest BCUT2D eigenvalue weighted by Gasteiger charge is -2.36. The Bertz CT molecular complexity index is 972. The van der Waals surface area contributed by atoms with Crippen molar-refractivity contribution < 1.29 is 9.53 Å². The number of hydrogen-bond acceptors (Lipinski definition) is 7. The zero-order valence-electron chi connectivity index (χ0n) is 17.7. The Balaban J connectivity index is 1.62. The summed E-state index contributed by atoms with van der Waals surface area (Å²) in [7, 11) is 1.48. The van der Waals surface area contributed by atoms with Crippen molar-refractivity contribution >= 4 is 5.91 Å². The number of fused-ring (bicyclic) bond motifs is 1. The molecule has 0 aliphatic carbocycles. The fourth-order valence-electron chi connectivity index (χ4n) is 4.22. The summed E-state index contributed by atoms with van der Waals surface area (Å²) in [5.74, 6) is 0.424. The third-order valence-corrected chi connectivity index (χ3v) is 5.98. The van der Waals surface area contributed by atoms with E-state index in [1.54, 1.807) is 4.90 Å². The molecule has 2 aliphatic rings. The Kier molecular flexibility index (Phi) is 5.80. The molecule has 9 heteroatoms. The number of likely N-dealkylation sites (tertiary alicyclic amines) is 1. The van der Waals surface area contributed by atoms with Gasteiger partial charge in [-0.3, -0.25) is 14.5 Å². The number of ether oxygens (including phenoxy) is 1. The number of H-pyrrole nitrogens is 1. The molecule has 9 nitrogen and oxygen atoms in total. The van der Waals surface area contributed by atoms with Gasteiger partial charge in [0.05, 0.1) is 30.0 Å². The number of carbonyl (C=O) groups is 1. The molecular formula is C21H28N6O3. The zero-order valence-corrected chi connectivity index (χ0v) is 17.7. The number of nitrogens with zero attached hydrogens (tertiary/aromatic N) is 5. The van der Waals surface area contributed by atoms with Crippen molar-refractivity contribution in [3.63, 3.8) is 0 Å². The highest BCUT2D eigenvalue weighted by Crippen LogP contribution is 2.30. The number of piperidine rings is 1. The van der Waals surface area contributed by atoms with Crippen LogP contribution in [-0.4, -0.2) is 61.9 Å². The van der Waals surface area contributed by atoms with Crippen molar-refractivity contribution in [1.82, 2.24) is 29.7 Å². The molecule has 0 bridgehead atoms. The molecule has 4 rings (SSSR count). The minimum absolute atomic E-state index is 0.0916. The smallest absolute Gasteiger partial charge is 0.316 e. The van der Waals surface area contributed by atoms with Crippen molar-refractivity contribution in [3.8, 4) is 6.01 Å². The second kappa shape index (κ2) is 8.51. The Labute approximate surface area is 175 Å². The summed E-state index contributed by atoms with van der Waals surface area (Å²) in [5, 5.41) is 0. The lowest BCUT2D eigenvalue weighted by molar-refractivity contribution is 0.0597. The van der Waals surface area contributed by atoms with Crippen LogP contribution in [0.4, 0.5) is 0 Å². The van der Waals surface area contributed by atoms with Crippen LogP contribution in [0.5, 0.6) is 6.01 Å². The molecule has 1 atom stereocenters. The monoisotopic (exact) mass is 412 g/mol. The molecule has 2 aromatic heterocycles. The van der Waals surface area contributed by atoms with Gasteiger partial charge < -0.3 is 14.6 Å². The fourth-order valence-corrected chi connectivity index (χ4v) is 4.22. The molecule has 160 valence electrons. The van der Waals surface area contributed by atoms with Gasteiger partial charge in [-0.1, -0.05) is 0 Å². The molecule has 1 amide bonds. The molecule has 0 spiro atoms. The maximum atomic E-state index is 13.2. The quantitative estimate of drug-likeness (QED) is 0.815. The van der Waals surface area contributed by atoms with E-state index in [0.29, 0.717) is 30.5 Å². The van der Waals surface area contributed by atoms with E-state index in [0.717, 1.165) is 43.5 Å². The van der Waals surface area contributed by atoms with E-state index in [2.05, 4.69) is 33.7 Å². The van der Waals surface area contributed by atoms with Crippen LogP contribution >= 0.6 is 0 Å². The van der Waals surface area contributed by atoms with E-state index in [9.17, 15) is 9.59 Å². The molecule has 1 saturated heterocycles. The first-order chi connectivity index (χ1) is 14.5. The van der Waals surface area contributed by atoms with Gasteiger partial charge in [-0.05, 0) is 33.1 Å². The van der Waals surface area contributed by atoms with E-state index >= 15 is 0 Å². The predicted octanol–water partition coefficient (Wildman–Crippen LogP) is 1.70. The number of hydrogen-bond donors (Lipinski definition) is 1. The molecular weight excluding hydrogens is 384 g/mol. The predicted molar refractivity (Wildman–Crippen MR) is 110 cm³/mol. The molecule has 0 saturated carbocycles.